The van der Waals surface area contributed by atoms with Gasteiger partial charge in [-0.2, -0.15) is 0 Å². The van der Waals surface area contributed by atoms with Gasteiger partial charge in [-0.25, -0.2) is 0 Å². The van der Waals surface area contributed by atoms with E-state index >= 15 is 0 Å². The first-order valence-electron chi connectivity index (χ1n) is 8.19. The van der Waals surface area contributed by atoms with Crippen LogP contribution in [0, 0.1) is 0 Å². The van der Waals surface area contributed by atoms with Crippen molar-refractivity contribution in [2.45, 2.75) is 0 Å². The van der Waals surface area contributed by atoms with E-state index in [2.05, 4.69) is 0 Å². The second kappa shape index (κ2) is 6.24. The maximum atomic E-state index is 12.6. The second-order valence-corrected chi connectivity index (χ2v) is 6.22. The van der Waals surface area contributed by atoms with Crippen LogP contribution in [0.5, 0.6) is 28.7 Å². The lowest BCUT2D eigenvalue weighted by molar-refractivity contribution is 0.404. The van der Waals surface area contributed by atoms with Gasteiger partial charge in [0, 0.05) is 17.7 Å². The number of rotatable bonds is 2. The molecule has 0 fully saturated rings. The average Bonchev–Trinajstić information content (AvgIpc) is 2.64. The van der Waals surface area contributed by atoms with Gasteiger partial charge in [-0.1, -0.05) is 6.07 Å². The number of fused-ring (bicyclic) bond motifs is 1. The van der Waals surface area contributed by atoms with Gasteiger partial charge < -0.3 is 29.9 Å². The van der Waals surface area contributed by atoms with Crippen LogP contribution in [0.2, 0.25) is 0 Å². The second-order valence-electron chi connectivity index (χ2n) is 6.22. The van der Waals surface area contributed by atoms with Gasteiger partial charge in [0.15, 0.2) is 22.5 Å². The normalized spacial score (nSPS) is 11.0. The van der Waals surface area contributed by atoms with E-state index in [4.69, 9.17) is 4.42 Å². The number of phenols is 5. The van der Waals surface area contributed by atoms with E-state index < -0.39 is 16.9 Å². The molecule has 1 aromatic heterocycles. The summed E-state index contributed by atoms with van der Waals surface area (Å²) in [6.07, 6.45) is 0. The predicted octanol–water partition coefficient (Wildman–Crippen LogP) is 3.66. The minimum absolute atomic E-state index is 0.0439. The van der Waals surface area contributed by atoms with Crippen molar-refractivity contribution in [3.05, 3.63) is 64.8 Å². The Labute approximate surface area is 157 Å². The summed E-state index contributed by atoms with van der Waals surface area (Å²) in [6, 6.07) is 12.0. The number of phenolic OH excluding ortho intramolecular Hbond substituents is 5. The summed E-state index contributed by atoms with van der Waals surface area (Å²) in [5.74, 6) is -1.40. The molecular formula is C21H14O7. The molecule has 28 heavy (non-hydrogen) atoms. The monoisotopic (exact) mass is 378 g/mol. The SMILES string of the molecule is O=c1cc(-c2ccc(O)cc2)oc2c(-c3ccc(O)c(O)c3)c(O)cc(O)c12. The predicted molar refractivity (Wildman–Crippen MR) is 102 cm³/mol. The Kier molecular flexibility index (Phi) is 3.85. The summed E-state index contributed by atoms with van der Waals surface area (Å²) in [4.78, 5) is 12.6. The van der Waals surface area contributed by atoms with E-state index in [1.165, 1.54) is 36.4 Å². The van der Waals surface area contributed by atoms with Crippen LogP contribution in [-0.2, 0) is 0 Å². The summed E-state index contributed by atoms with van der Waals surface area (Å²) in [6.45, 7) is 0. The van der Waals surface area contributed by atoms with Crippen LogP contribution in [0.15, 0.2) is 63.8 Å². The largest absolute Gasteiger partial charge is 0.508 e. The molecule has 7 nitrogen and oxygen atoms in total. The van der Waals surface area contributed by atoms with Crippen LogP contribution < -0.4 is 5.43 Å². The van der Waals surface area contributed by atoms with Gasteiger partial charge in [0.1, 0.15) is 28.4 Å². The Hall–Kier alpha value is -4.13. The van der Waals surface area contributed by atoms with E-state index in [9.17, 15) is 30.3 Å². The summed E-state index contributed by atoms with van der Waals surface area (Å²) >= 11 is 0. The van der Waals surface area contributed by atoms with E-state index in [0.717, 1.165) is 6.07 Å². The topological polar surface area (TPSA) is 131 Å². The van der Waals surface area contributed by atoms with E-state index in [1.54, 1.807) is 12.1 Å². The van der Waals surface area contributed by atoms with Crippen LogP contribution in [0.3, 0.4) is 0 Å². The minimum atomic E-state index is -0.536. The van der Waals surface area contributed by atoms with Crippen LogP contribution >= 0.6 is 0 Å². The highest BCUT2D eigenvalue weighted by Crippen LogP contribution is 2.43. The van der Waals surface area contributed by atoms with Crippen molar-refractivity contribution < 1.29 is 29.9 Å². The fraction of sp³-hybridized carbons (Fsp3) is 0. The molecule has 140 valence electrons. The third kappa shape index (κ3) is 2.75. The molecule has 1 heterocycles. The molecule has 0 aliphatic carbocycles. The Morgan fingerprint density at radius 2 is 1.32 bits per heavy atom. The summed E-state index contributed by atoms with van der Waals surface area (Å²) in [7, 11) is 0. The minimum Gasteiger partial charge on any atom is -0.508 e. The molecule has 7 heteroatoms. The van der Waals surface area contributed by atoms with Gasteiger partial charge in [-0.15, -0.1) is 0 Å². The molecule has 4 aromatic rings. The van der Waals surface area contributed by atoms with Gasteiger partial charge in [0.2, 0.25) is 0 Å². The van der Waals surface area contributed by atoms with Gasteiger partial charge in [0.05, 0.1) is 5.56 Å². The quantitative estimate of drug-likeness (QED) is 0.336. The third-order valence-electron chi connectivity index (χ3n) is 4.38. The molecule has 0 spiro atoms. The third-order valence-corrected chi connectivity index (χ3v) is 4.38. The van der Waals surface area contributed by atoms with Crippen LogP contribution in [0.25, 0.3) is 33.4 Å². The maximum Gasteiger partial charge on any atom is 0.197 e. The first-order chi connectivity index (χ1) is 13.3. The number of benzene rings is 3. The van der Waals surface area contributed by atoms with E-state index in [0.29, 0.717) is 5.56 Å². The lowest BCUT2D eigenvalue weighted by Gasteiger charge is -2.12. The lowest BCUT2D eigenvalue weighted by atomic mass is 9.99. The number of aromatic hydroxyl groups is 5. The summed E-state index contributed by atoms with van der Waals surface area (Å²) in [5.41, 5.74) is 0.216. The Morgan fingerprint density at radius 3 is 2.00 bits per heavy atom. The van der Waals surface area contributed by atoms with Crippen LogP contribution in [0.4, 0.5) is 0 Å². The zero-order chi connectivity index (χ0) is 20.0. The summed E-state index contributed by atoms with van der Waals surface area (Å²) < 4.78 is 5.84. The lowest BCUT2D eigenvalue weighted by Crippen LogP contribution is -2.02. The van der Waals surface area contributed by atoms with Crippen molar-refractivity contribution in [1.82, 2.24) is 0 Å². The number of hydrogen-bond acceptors (Lipinski definition) is 7. The van der Waals surface area contributed by atoms with Gasteiger partial charge in [-0.3, -0.25) is 4.79 Å². The van der Waals surface area contributed by atoms with Crippen molar-refractivity contribution in [2.75, 3.05) is 0 Å². The molecule has 0 aliphatic heterocycles. The van der Waals surface area contributed by atoms with Crippen molar-refractivity contribution >= 4 is 11.0 Å². The molecule has 0 radical (unpaired) electrons. The van der Waals surface area contributed by atoms with Crippen molar-refractivity contribution in [3.63, 3.8) is 0 Å². The highest BCUT2D eigenvalue weighted by molar-refractivity contribution is 5.99. The number of hydrogen-bond donors (Lipinski definition) is 5. The first kappa shape index (κ1) is 17.3. The van der Waals surface area contributed by atoms with Crippen molar-refractivity contribution in [2.24, 2.45) is 0 Å². The molecule has 5 N–H and O–H groups in total. The molecule has 4 rings (SSSR count). The van der Waals surface area contributed by atoms with Gasteiger partial charge in [0.25, 0.3) is 0 Å². The summed E-state index contributed by atoms with van der Waals surface area (Å²) in [5, 5.41) is 49.2. The van der Waals surface area contributed by atoms with Crippen molar-refractivity contribution in [3.8, 4) is 51.2 Å². The highest BCUT2D eigenvalue weighted by Gasteiger charge is 2.20. The van der Waals surface area contributed by atoms with Crippen molar-refractivity contribution in [1.29, 1.82) is 0 Å². The molecular weight excluding hydrogens is 364 g/mol. The maximum absolute atomic E-state index is 12.6. The smallest absolute Gasteiger partial charge is 0.197 e. The fourth-order valence-corrected chi connectivity index (χ4v) is 3.03. The molecule has 0 atom stereocenters. The van der Waals surface area contributed by atoms with Gasteiger partial charge in [-0.05, 0) is 42.0 Å². The average molecular weight is 378 g/mol. The molecule has 0 bridgehead atoms. The van der Waals surface area contributed by atoms with E-state index in [1.807, 2.05) is 0 Å². The molecule has 0 saturated carbocycles. The molecule has 0 amide bonds. The Balaban J connectivity index is 2.08. The highest BCUT2D eigenvalue weighted by atomic mass is 16.3. The molecule has 0 aliphatic rings. The Bertz CT molecular complexity index is 1270. The zero-order valence-corrected chi connectivity index (χ0v) is 14.2. The first-order valence-corrected chi connectivity index (χ1v) is 8.19. The Morgan fingerprint density at radius 1 is 0.643 bits per heavy atom. The van der Waals surface area contributed by atoms with E-state index in [-0.39, 0.29) is 45.1 Å². The molecule has 0 unspecified atom stereocenters. The zero-order valence-electron chi connectivity index (χ0n) is 14.2. The van der Waals surface area contributed by atoms with Gasteiger partial charge >= 0.3 is 0 Å². The molecule has 0 saturated heterocycles. The van der Waals surface area contributed by atoms with Crippen LogP contribution in [0.1, 0.15) is 0 Å². The van der Waals surface area contributed by atoms with Crippen LogP contribution in [-0.4, -0.2) is 25.5 Å². The standard InChI is InChI=1S/C21H14O7/c22-12-4-1-10(2-5-12)18-9-17(27)20-16(26)8-15(25)19(21(20)28-18)11-3-6-13(23)14(24)7-11/h1-9,22-26H. The molecule has 3 aromatic carbocycles. The fourth-order valence-electron chi connectivity index (χ4n) is 3.03.